The van der Waals surface area contributed by atoms with Gasteiger partial charge in [0.2, 0.25) is 0 Å². The van der Waals surface area contributed by atoms with Crippen LogP contribution in [0.5, 0.6) is 0 Å². The number of rotatable bonds is 2. The first-order chi connectivity index (χ1) is 12.1. The van der Waals surface area contributed by atoms with Gasteiger partial charge in [-0.1, -0.05) is 0 Å². The minimum atomic E-state index is -0.286. The molecule has 1 aliphatic carbocycles. The minimum absolute atomic E-state index is 0.0166. The second-order valence-corrected chi connectivity index (χ2v) is 6.86. The molecule has 0 saturated carbocycles. The van der Waals surface area contributed by atoms with Crippen LogP contribution in [0.1, 0.15) is 57.9 Å². The summed E-state index contributed by atoms with van der Waals surface area (Å²) < 4.78 is 5.84. The van der Waals surface area contributed by atoms with Crippen molar-refractivity contribution in [1.82, 2.24) is 25.1 Å². The Morgan fingerprint density at radius 2 is 2.00 bits per heavy atom. The number of carbonyl (C=O) groups is 1. The van der Waals surface area contributed by atoms with Crippen molar-refractivity contribution in [2.24, 2.45) is 0 Å². The number of fused-ring (bicyclic) bond motifs is 1. The highest BCUT2D eigenvalue weighted by atomic mass is 16.5. The Hall–Kier alpha value is -2.28. The van der Waals surface area contributed by atoms with E-state index < -0.39 is 0 Å². The fourth-order valence-corrected chi connectivity index (χ4v) is 3.69. The number of carbonyl (C=O) groups excluding carboxylic acids is 1. The van der Waals surface area contributed by atoms with E-state index in [0.29, 0.717) is 31.2 Å². The van der Waals surface area contributed by atoms with E-state index in [-0.39, 0.29) is 12.0 Å². The van der Waals surface area contributed by atoms with Gasteiger partial charge in [-0.3, -0.25) is 9.89 Å². The number of aryl methyl sites for hydroxylation is 3. The van der Waals surface area contributed by atoms with E-state index in [2.05, 4.69) is 20.2 Å². The highest BCUT2D eigenvalue weighted by Gasteiger charge is 2.31. The van der Waals surface area contributed by atoms with E-state index in [9.17, 15) is 4.79 Å². The molecule has 7 heteroatoms. The number of nitrogens with zero attached hydrogens (tertiary/aromatic N) is 4. The molecule has 2 aromatic heterocycles. The maximum Gasteiger partial charge on any atom is 0.274 e. The fourth-order valence-electron chi connectivity index (χ4n) is 3.69. The zero-order valence-corrected chi connectivity index (χ0v) is 14.7. The van der Waals surface area contributed by atoms with E-state index in [1.54, 1.807) is 0 Å². The van der Waals surface area contributed by atoms with Crippen LogP contribution in [0.4, 0.5) is 0 Å². The van der Waals surface area contributed by atoms with Crippen molar-refractivity contribution >= 4 is 5.91 Å². The van der Waals surface area contributed by atoms with Gasteiger partial charge in [0.1, 0.15) is 6.10 Å². The topological polar surface area (TPSA) is 84.0 Å². The SMILES string of the molecule is Cc1cc(C)nc([C@@H]2CN(C(=O)c3n[nH]c4c3CCCC4)CCO2)n1. The monoisotopic (exact) mass is 341 g/mol. The maximum absolute atomic E-state index is 13.0. The molecule has 7 nitrogen and oxygen atoms in total. The summed E-state index contributed by atoms with van der Waals surface area (Å²) in [5.41, 5.74) is 4.63. The van der Waals surface area contributed by atoms with Gasteiger partial charge < -0.3 is 9.64 Å². The largest absolute Gasteiger partial charge is 0.367 e. The molecule has 25 heavy (non-hydrogen) atoms. The first-order valence-corrected chi connectivity index (χ1v) is 8.91. The summed E-state index contributed by atoms with van der Waals surface area (Å²) in [6.07, 6.45) is 3.91. The summed E-state index contributed by atoms with van der Waals surface area (Å²) in [6.45, 7) is 5.41. The van der Waals surface area contributed by atoms with Crippen LogP contribution in [0, 0.1) is 13.8 Å². The van der Waals surface area contributed by atoms with Gasteiger partial charge in [0.15, 0.2) is 11.5 Å². The quantitative estimate of drug-likeness (QED) is 0.902. The molecule has 3 heterocycles. The molecule has 0 unspecified atom stereocenters. The molecule has 1 aliphatic heterocycles. The van der Waals surface area contributed by atoms with Gasteiger partial charge in [-0.15, -0.1) is 0 Å². The Morgan fingerprint density at radius 1 is 1.24 bits per heavy atom. The normalized spacial score (nSPS) is 20.4. The van der Waals surface area contributed by atoms with Crippen molar-refractivity contribution in [2.75, 3.05) is 19.7 Å². The standard InChI is InChI=1S/C18H23N5O2/c1-11-9-12(2)20-17(19-11)15-10-23(7-8-25-15)18(24)16-13-5-3-4-6-14(13)21-22-16/h9,15H,3-8,10H2,1-2H3,(H,21,22)/t15-/m0/s1. The van der Waals surface area contributed by atoms with Crippen molar-refractivity contribution in [3.8, 4) is 0 Å². The molecule has 0 spiro atoms. The van der Waals surface area contributed by atoms with Crippen molar-refractivity contribution < 1.29 is 9.53 Å². The van der Waals surface area contributed by atoms with Crippen molar-refractivity contribution in [1.29, 1.82) is 0 Å². The first kappa shape index (κ1) is 16.2. The number of H-pyrrole nitrogens is 1. The second kappa shape index (κ2) is 6.55. The Balaban J connectivity index is 1.55. The van der Waals surface area contributed by atoms with Crippen LogP contribution < -0.4 is 0 Å². The Kier molecular flexibility index (Phi) is 4.25. The Morgan fingerprint density at radius 3 is 2.80 bits per heavy atom. The molecule has 4 rings (SSSR count). The number of amides is 1. The van der Waals surface area contributed by atoms with Crippen LogP contribution >= 0.6 is 0 Å². The Bertz CT molecular complexity index is 781. The second-order valence-electron chi connectivity index (χ2n) is 6.86. The van der Waals surface area contributed by atoms with Crippen LogP contribution in [-0.2, 0) is 17.6 Å². The van der Waals surface area contributed by atoms with Gasteiger partial charge in [0.25, 0.3) is 5.91 Å². The number of aromatic nitrogens is 4. The third-order valence-corrected chi connectivity index (χ3v) is 4.90. The van der Waals surface area contributed by atoms with E-state index in [1.807, 2.05) is 24.8 Å². The van der Waals surface area contributed by atoms with E-state index in [0.717, 1.165) is 48.3 Å². The maximum atomic E-state index is 13.0. The number of hydrogen-bond donors (Lipinski definition) is 1. The average Bonchev–Trinajstić information content (AvgIpc) is 3.04. The van der Waals surface area contributed by atoms with Crippen LogP contribution in [0.25, 0.3) is 0 Å². The van der Waals surface area contributed by atoms with Gasteiger partial charge >= 0.3 is 0 Å². The summed E-state index contributed by atoms with van der Waals surface area (Å²) in [5, 5.41) is 7.36. The summed E-state index contributed by atoms with van der Waals surface area (Å²) >= 11 is 0. The summed E-state index contributed by atoms with van der Waals surface area (Å²) in [4.78, 5) is 23.8. The lowest BCUT2D eigenvalue weighted by Gasteiger charge is -2.32. The zero-order valence-electron chi connectivity index (χ0n) is 14.7. The molecule has 1 N–H and O–H groups in total. The molecule has 0 bridgehead atoms. The van der Waals surface area contributed by atoms with Crippen LogP contribution in [0.15, 0.2) is 6.07 Å². The Labute approximate surface area is 146 Å². The summed E-state index contributed by atoms with van der Waals surface area (Å²) in [5.74, 6) is 0.635. The molecular formula is C18H23N5O2. The number of nitrogens with one attached hydrogen (secondary N) is 1. The smallest absolute Gasteiger partial charge is 0.274 e. The van der Waals surface area contributed by atoms with Crippen molar-refractivity contribution in [3.63, 3.8) is 0 Å². The van der Waals surface area contributed by atoms with Gasteiger partial charge in [0.05, 0.1) is 13.2 Å². The van der Waals surface area contributed by atoms with E-state index in [1.165, 1.54) is 0 Å². The molecule has 132 valence electrons. The highest BCUT2D eigenvalue weighted by molar-refractivity contribution is 5.94. The van der Waals surface area contributed by atoms with Crippen LogP contribution in [0.2, 0.25) is 0 Å². The molecule has 0 aromatic carbocycles. The highest BCUT2D eigenvalue weighted by Crippen LogP contribution is 2.25. The van der Waals surface area contributed by atoms with Crippen LogP contribution in [0.3, 0.4) is 0 Å². The van der Waals surface area contributed by atoms with Crippen LogP contribution in [-0.4, -0.2) is 50.7 Å². The lowest BCUT2D eigenvalue weighted by molar-refractivity contribution is -0.0271. The number of hydrogen-bond acceptors (Lipinski definition) is 5. The molecule has 0 radical (unpaired) electrons. The molecule has 1 atom stereocenters. The van der Waals surface area contributed by atoms with Gasteiger partial charge in [-0.05, 0) is 45.6 Å². The predicted molar refractivity (Wildman–Crippen MR) is 91.3 cm³/mol. The number of morpholine rings is 1. The first-order valence-electron chi connectivity index (χ1n) is 8.91. The molecule has 1 amide bonds. The lowest BCUT2D eigenvalue weighted by atomic mass is 9.95. The zero-order chi connectivity index (χ0) is 17.4. The predicted octanol–water partition coefficient (Wildman–Crippen LogP) is 1.91. The summed E-state index contributed by atoms with van der Waals surface area (Å²) in [7, 11) is 0. The number of ether oxygens (including phenoxy) is 1. The number of aromatic amines is 1. The molecular weight excluding hydrogens is 318 g/mol. The fraction of sp³-hybridized carbons (Fsp3) is 0.556. The van der Waals surface area contributed by atoms with Crippen molar-refractivity contribution in [2.45, 2.75) is 45.6 Å². The van der Waals surface area contributed by atoms with Crippen molar-refractivity contribution in [3.05, 3.63) is 40.2 Å². The minimum Gasteiger partial charge on any atom is -0.367 e. The van der Waals surface area contributed by atoms with Gasteiger partial charge in [-0.2, -0.15) is 5.10 Å². The third kappa shape index (κ3) is 3.16. The molecule has 2 aliphatic rings. The molecule has 1 saturated heterocycles. The van der Waals surface area contributed by atoms with Gasteiger partial charge in [-0.25, -0.2) is 9.97 Å². The lowest BCUT2D eigenvalue weighted by Crippen LogP contribution is -2.43. The van der Waals surface area contributed by atoms with Gasteiger partial charge in [0, 0.05) is 29.2 Å². The van der Waals surface area contributed by atoms with E-state index >= 15 is 0 Å². The molecule has 2 aromatic rings. The third-order valence-electron chi connectivity index (χ3n) is 4.90. The summed E-state index contributed by atoms with van der Waals surface area (Å²) in [6, 6.07) is 1.94. The van der Waals surface area contributed by atoms with E-state index in [4.69, 9.17) is 4.74 Å². The molecule has 1 fully saturated rings. The average molecular weight is 341 g/mol.